The lowest BCUT2D eigenvalue weighted by molar-refractivity contribution is 0.0671. The topological polar surface area (TPSA) is 21.3 Å². The molecule has 1 aliphatic heterocycles. The Morgan fingerprint density at radius 1 is 1.47 bits per heavy atom. The fourth-order valence-corrected chi connectivity index (χ4v) is 2.08. The summed E-state index contributed by atoms with van der Waals surface area (Å²) < 4.78 is 18.8. The van der Waals surface area contributed by atoms with Gasteiger partial charge in [-0.15, -0.1) is 0 Å². The standard InChI is InChI=1S/C12H16FNO/c1-12(2)7-10(14-3)9-5-4-8(13)6-11(9)15-12/h4-6,10,14H,7H2,1-3H3. The first-order chi connectivity index (χ1) is 7.02. The van der Waals surface area contributed by atoms with E-state index in [1.807, 2.05) is 20.9 Å². The van der Waals surface area contributed by atoms with E-state index in [0.29, 0.717) is 5.75 Å². The van der Waals surface area contributed by atoms with E-state index in [4.69, 9.17) is 4.74 Å². The van der Waals surface area contributed by atoms with Crippen molar-refractivity contribution in [2.45, 2.75) is 31.9 Å². The molecule has 15 heavy (non-hydrogen) atoms. The van der Waals surface area contributed by atoms with Crippen LogP contribution >= 0.6 is 0 Å². The van der Waals surface area contributed by atoms with Gasteiger partial charge in [-0.1, -0.05) is 6.07 Å². The summed E-state index contributed by atoms with van der Waals surface area (Å²) in [5.41, 5.74) is 0.798. The van der Waals surface area contributed by atoms with Gasteiger partial charge in [0.1, 0.15) is 17.2 Å². The molecule has 1 N–H and O–H groups in total. The Balaban J connectivity index is 2.44. The Bertz CT molecular complexity index is 376. The van der Waals surface area contributed by atoms with Gasteiger partial charge in [-0.25, -0.2) is 4.39 Å². The number of rotatable bonds is 1. The molecule has 0 radical (unpaired) electrons. The Kier molecular flexibility index (Phi) is 2.43. The van der Waals surface area contributed by atoms with Crippen molar-refractivity contribution in [1.82, 2.24) is 5.32 Å². The van der Waals surface area contributed by atoms with Crippen molar-refractivity contribution in [2.24, 2.45) is 0 Å². The predicted octanol–water partition coefficient (Wildman–Crippen LogP) is 2.65. The lowest BCUT2D eigenvalue weighted by atomic mass is 9.90. The monoisotopic (exact) mass is 209 g/mol. The zero-order valence-electron chi connectivity index (χ0n) is 9.30. The second-order valence-corrected chi connectivity index (χ2v) is 4.59. The molecule has 3 heteroatoms. The van der Waals surface area contributed by atoms with E-state index in [0.717, 1.165) is 12.0 Å². The summed E-state index contributed by atoms with van der Waals surface area (Å²) in [6.07, 6.45) is 0.891. The highest BCUT2D eigenvalue weighted by Gasteiger charge is 2.32. The van der Waals surface area contributed by atoms with E-state index in [9.17, 15) is 4.39 Å². The number of fused-ring (bicyclic) bond motifs is 1. The van der Waals surface area contributed by atoms with Crippen LogP contribution in [0.3, 0.4) is 0 Å². The first-order valence-corrected chi connectivity index (χ1v) is 5.17. The summed E-state index contributed by atoms with van der Waals surface area (Å²) in [6.45, 7) is 4.04. The van der Waals surface area contributed by atoms with Gasteiger partial charge < -0.3 is 10.1 Å². The van der Waals surface area contributed by atoms with E-state index >= 15 is 0 Å². The maximum absolute atomic E-state index is 13.1. The van der Waals surface area contributed by atoms with Crippen molar-refractivity contribution in [3.05, 3.63) is 29.6 Å². The summed E-state index contributed by atoms with van der Waals surface area (Å²) in [7, 11) is 1.92. The summed E-state index contributed by atoms with van der Waals surface area (Å²) in [6, 6.07) is 4.97. The van der Waals surface area contributed by atoms with Crippen molar-refractivity contribution < 1.29 is 9.13 Å². The molecule has 1 aliphatic rings. The second kappa shape index (κ2) is 3.49. The highest BCUT2D eigenvalue weighted by Crippen LogP contribution is 2.39. The lowest BCUT2D eigenvalue weighted by Gasteiger charge is -2.37. The number of hydrogen-bond acceptors (Lipinski definition) is 2. The molecule has 2 rings (SSSR count). The molecule has 0 aromatic heterocycles. The van der Waals surface area contributed by atoms with Crippen LogP contribution in [0.25, 0.3) is 0 Å². The number of nitrogens with one attached hydrogen (secondary N) is 1. The SMILES string of the molecule is CNC1CC(C)(C)Oc2cc(F)ccc21. The van der Waals surface area contributed by atoms with E-state index in [-0.39, 0.29) is 17.5 Å². The Morgan fingerprint density at radius 3 is 2.87 bits per heavy atom. The van der Waals surface area contributed by atoms with Crippen LogP contribution in [0.4, 0.5) is 4.39 Å². The fraction of sp³-hybridized carbons (Fsp3) is 0.500. The average molecular weight is 209 g/mol. The minimum Gasteiger partial charge on any atom is -0.487 e. The lowest BCUT2D eigenvalue weighted by Crippen LogP contribution is -2.38. The Hall–Kier alpha value is -1.09. The number of halogens is 1. The zero-order valence-corrected chi connectivity index (χ0v) is 9.30. The Morgan fingerprint density at radius 2 is 2.20 bits per heavy atom. The van der Waals surface area contributed by atoms with Crippen LogP contribution in [0.15, 0.2) is 18.2 Å². The molecule has 82 valence electrons. The van der Waals surface area contributed by atoms with Gasteiger partial charge in [-0.05, 0) is 27.0 Å². The predicted molar refractivity (Wildman–Crippen MR) is 57.5 cm³/mol. The normalized spacial score (nSPS) is 23.1. The third kappa shape index (κ3) is 1.97. The zero-order chi connectivity index (χ0) is 11.1. The molecular formula is C12H16FNO. The maximum Gasteiger partial charge on any atom is 0.127 e. The van der Waals surface area contributed by atoms with Crippen LogP contribution in [-0.2, 0) is 0 Å². The number of hydrogen-bond donors (Lipinski definition) is 1. The van der Waals surface area contributed by atoms with Gasteiger partial charge in [0.15, 0.2) is 0 Å². The van der Waals surface area contributed by atoms with E-state index in [1.165, 1.54) is 12.1 Å². The molecule has 0 saturated heterocycles. The van der Waals surface area contributed by atoms with Crippen molar-refractivity contribution >= 4 is 0 Å². The molecule has 0 aliphatic carbocycles. The molecule has 0 fully saturated rings. The highest BCUT2D eigenvalue weighted by molar-refractivity contribution is 5.39. The van der Waals surface area contributed by atoms with Crippen LogP contribution < -0.4 is 10.1 Å². The molecule has 0 bridgehead atoms. The quantitative estimate of drug-likeness (QED) is 0.767. The molecule has 0 spiro atoms. The first-order valence-electron chi connectivity index (χ1n) is 5.17. The third-order valence-corrected chi connectivity index (χ3v) is 2.78. The molecule has 1 aromatic carbocycles. The van der Waals surface area contributed by atoms with Gasteiger partial charge in [0.2, 0.25) is 0 Å². The summed E-state index contributed by atoms with van der Waals surface area (Å²) in [5.74, 6) is 0.409. The first kappa shape index (κ1) is 10.4. The smallest absolute Gasteiger partial charge is 0.127 e. The van der Waals surface area contributed by atoms with Crippen molar-refractivity contribution in [1.29, 1.82) is 0 Å². The average Bonchev–Trinajstić information content (AvgIpc) is 2.14. The van der Waals surface area contributed by atoms with E-state index in [1.54, 1.807) is 6.07 Å². The van der Waals surface area contributed by atoms with Gasteiger partial charge in [-0.2, -0.15) is 0 Å². The van der Waals surface area contributed by atoms with Crippen LogP contribution in [0.2, 0.25) is 0 Å². The molecule has 2 nitrogen and oxygen atoms in total. The second-order valence-electron chi connectivity index (χ2n) is 4.59. The number of benzene rings is 1. The van der Waals surface area contributed by atoms with E-state index < -0.39 is 0 Å². The summed E-state index contributed by atoms with van der Waals surface area (Å²) in [4.78, 5) is 0. The molecular weight excluding hydrogens is 193 g/mol. The van der Waals surface area contributed by atoms with Crippen LogP contribution in [-0.4, -0.2) is 12.6 Å². The minimum absolute atomic E-state index is 0.240. The van der Waals surface area contributed by atoms with E-state index in [2.05, 4.69) is 5.32 Å². The molecule has 1 heterocycles. The Labute approximate surface area is 89.4 Å². The van der Waals surface area contributed by atoms with Crippen LogP contribution in [0.1, 0.15) is 31.9 Å². The summed E-state index contributed by atoms with van der Waals surface area (Å²) in [5, 5.41) is 3.23. The molecule has 1 unspecified atom stereocenters. The summed E-state index contributed by atoms with van der Waals surface area (Å²) >= 11 is 0. The van der Waals surface area contributed by atoms with Crippen LogP contribution in [0.5, 0.6) is 5.75 Å². The van der Waals surface area contributed by atoms with Crippen LogP contribution in [0, 0.1) is 5.82 Å². The third-order valence-electron chi connectivity index (χ3n) is 2.78. The number of ether oxygens (including phenoxy) is 1. The van der Waals surface area contributed by atoms with Crippen molar-refractivity contribution in [2.75, 3.05) is 7.05 Å². The fourth-order valence-electron chi connectivity index (χ4n) is 2.08. The minimum atomic E-state index is -0.249. The highest BCUT2D eigenvalue weighted by atomic mass is 19.1. The van der Waals surface area contributed by atoms with Crippen molar-refractivity contribution in [3.63, 3.8) is 0 Å². The van der Waals surface area contributed by atoms with Gasteiger partial charge in [0, 0.05) is 24.1 Å². The van der Waals surface area contributed by atoms with Gasteiger partial charge >= 0.3 is 0 Å². The molecule has 1 aromatic rings. The van der Waals surface area contributed by atoms with Gasteiger partial charge in [0.25, 0.3) is 0 Å². The largest absolute Gasteiger partial charge is 0.487 e. The van der Waals surface area contributed by atoms with Gasteiger partial charge in [-0.3, -0.25) is 0 Å². The molecule has 0 amide bonds. The molecule has 1 atom stereocenters. The molecule has 0 saturated carbocycles. The van der Waals surface area contributed by atoms with Crippen molar-refractivity contribution in [3.8, 4) is 5.75 Å². The maximum atomic E-state index is 13.1. The van der Waals surface area contributed by atoms with Gasteiger partial charge in [0.05, 0.1) is 0 Å².